The van der Waals surface area contributed by atoms with E-state index in [1.807, 2.05) is 25.3 Å². The molecule has 2 saturated heterocycles. The zero-order valence-corrected chi connectivity index (χ0v) is 24.0. The molecule has 0 aliphatic carbocycles. The molecular formula is C28H44N2O6S. The third kappa shape index (κ3) is 6.68. The predicted octanol–water partition coefficient (Wildman–Crippen LogP) is 3.48. The van der Waals surface area contributed by atoms with E-state index in [2.05, 4.69) is 24.1 Å². The van der Waals surface area contributed by atoms with Gasteiger partial charge in [-0.2, -0.15) is 0 Å². The van der Waals surface area contributed by atoms with E-state index in [4.69, 9.17) is 4.74 Å². The lowest BCUT2D eigenvalue weighted by molar-refractivity contribution is -0.143. The fourth-order valence-corrected chi connectivity index (χ4v) is 6.36. The Balaban J connectivity index is 1.91. The van der Waals surface area contributed by atoms with E-state index in [1.54, 1.807) is 20.8 Å². The highest BCUT2D eigenvalue weighted by Gasteiger charge is 2.56. The number of thiazole rings is 1. The summed E-state index contributed by atoms with van der Waals surface area (Å²) in [7, 11) is 0. The Morgan fingerprint density at radius 3 is 2.54 bits per heavy atom. The molecule has 0 aromatic carbocycles. The number of nitrogens with zero attached hydrogens (tertiary/aromatic N) is 1. The van der Waals surface area contributed by atoms with Gasteiger partial charge in [-0.25, -0.2) is 4.98 Å². The number of aromatic nitrogens is 1. The lowest BCUT2D eigenvalue weighted by Crippen LogP contribution is -2.48. The van der Waals surface area contributed by atoms with Crippen LogP contribution in [-0.4, -0.2) is 61.9 Å². The van der Waals surface area contributed by atoms with E-state index in [-0.39, 0.29) is 54.3 Å². The first-order valence-electron chi connectivity index (χ1n) is 13.3. The van der Waals surface area contributed by atoms with Gasteiger partial charge in [0.1, 0.15) is 10.8 Å². The first-order chi connectivity index (χ1) is 17.2. The Kier molecular flexibility index (Phi) is 9.39. The summed E-state index contributed by atoms with van der Waals surface area (Å²) in [6, 6.07) is -0.364. The van der Waals surface area contributed by atoms with Gasteiger partial charge in [0.05, 0.1) is 54.1 Å². The molecular weight excluding hydrogens is 492 g/mol. The van der Waals surface area contributed by atoms with E-state index in [9.17, 15) is 24.9 Å². The summed E-state index contributed by atoms with van der Waals surface area (Å²) in [6.07, 6.45) is 2.02. The van der Waals surface area contributed by atoms with Crippen LogP contribution in [0.2, 0.25) is 0 Å². The van der Waals surface area contributed by atoms with Gasteiger partial charge in [0.2, 0.25) is 5.91 Å². The van der Waals surface area contributed by atoms with Crippen molar-refractivity contribution >= 4 is 29.1 Å². The molecule has 2 fully saturated rings. The van der Waals surface area contributed by atoms with Gasteiger partial charge < -0.3 is 25.4 Å². The molecule has 1 aromatic heterocycles. The topological polar surface area (TPSA) is 132 Å². The smallest absolute Gasteiger partial charge is 0.223 e. The van der Waals surface area contributed by atoms with Crippen LogP contribution in [0.1, 0.15) is 84.9 Å². The number of aliphatic hydroxyl groups excluding tert-OH is 3. The lowest BCUT2D eigenvalue weighted by atomic mass is 9.72. The molecule has 37 heavy (non-hydrogen) atoms. The van der Waals surface area contributed by atoms with Crippen LogP contribution in [0.15, 0.2) is 11.0 Å². The molecule has 208 valence electrons. The molecule has 2 aliphatic rings. The lowest BCUT2D eigenvalue weighted by Gasteiger charge is -2.35. The van der Waals surface area contributed by atoms with Crippen molar-refractivity contribution in [3.63, 3.8) is 0 Å². The zero-order chi connectivity index (χ0) is 27.7. The summed E-state index contributed by atoms with van der Waals surface area (Å²) >= 11 is 1.37. The molecule has 1 amide bonds. The van der Waals surface area contributed by atoms with Crippen LogP contribution in [0.25, 0.3) is 6.08 Å². The van der Waals surface area contributed by atoms with Crippen LogP contribution in [-0.2, 0) is 20.9 Å². The second-order valence-corrected chi connectivity index (χ2v) is 12.9. The van der Waals surface area contributed by atoms with Crippen LogP contribution in [0, 0.1) is 23.2 Å². The van der Waals surface area contributed by atoms with Crippen molar-refractivity contribution in [1.82, 2.24) is 10.3 Å². The Hall–Kier alpha value is -1.65. The highest BCUT2D eigenvalue weighted by atomic mass is 32.1. The van der Waals surface area contributed by atoms with Crippen LogP contribution in [0.3, 0.4) is 0 Å². The maximum absolute atomic E-state index is 13.3. The average Bonchev–Trinajstić information content (AvgIpc) is 3.30. The van der Waals surface area contributed by atoms with E-state index >= 15 is 0 Å². The molecule has 0 unspecified atom stereocenters. The molecule has 8 nitrogen and oxygen atoms in total. The molecule has 9 heteroatoms. The second-order valence-electron chi connectivity index (χ2n) is 11.9. The number of amides is 1. The number of fused-ring (bicyclic) bond motifs is 1. The highest BCUT2D eigenvalue weighted by Crippen LogP contribution is 2.47. The van der Waals surface area contributed by atoms with E-state index in [1.165, 1.54) is 11.3 Å². The molecule has 0 saturated carbocycles. The van der Waals surface area contributed by atoms with Gasteiger partial charge in [0.15, 0.2) is 0 Å². The summed E-state index contributed by atoms with van der Waals surface area (Å²) in [4.78, 5) is 30.9. The molecule has 0 bridgehead atoms. The first-order valence-corrected chi connectivity index (χ1v) is 14.2. The number of rotatable bonds is 3. The van der Waals surface area contributed by atoms with Crippen molar-refractivity contribution in [3.05, 3.63) is 21.7 Å². The highest BCUT2D eigenvalue weighted by molar-refractivity contribution is 7.09. The Labute approximate surface area is 224 Å². The van der Waals surface area contributed by atoms with Crippen molar-refractivity contribution in [1.29, 1.82) is 0 Å². The number of aliphatic hydroxyl groups is 3. The maximum atomic E-state index is 13.3. The van der Waals surface area contributed by atoms with Crippen molar-refractivity contribution in [2.75, 3.05) is 0 Å². The molecule has 4 N–H and O–H groups in total. The largest absolute Gasteiger partial charge is 0.392 e. The standard InChI is InChI=1S/C28H44N2O6S/c1-15-9-8-10-28(7)26(36-28)17(3)23(16(2)11-19-14-37-22(13-31)29-19)30-21(33)12-20(32)27(5,6)25(35)18(4)24(15)34/h11,14-15,17-18,20,23-24,26,31-32,34H,8-10,12-13H2,1-7H3,(H,30,33)/b16-11+/t15-,17+,18+,20-,23+,24-,26-,28+/m0/s1. The van der Waals surface area contributed by atoms with Crippen molar-refractivity contribution in [2.45, 2.75) is 111 Å². The Morgan fingerprint density at radius 1 is 1.24 bits per heavy atom. The van der Waals surface area contributed by atoms with Crippen LogP contribution >= 0.6 is 11.3 Å². The molecule has 8 atom stereocenters. The summed E-state index contributed by atoms with van der Waals surface area (Å²) in [5, 5.41) is 36.8. The number of hydrogen-bond acceptors (Lipinski definition) is 8. The van der Waals surface area contributed by atoms with Gasteiger partial charge in [-0.3, -0.25) is 9.59 Å². The quantitative estimate of drug-likeness (QED) is 0.435. The molecule has 0 radical (unpaired) electrons. The van der Waals surface area contributed by atoms with Crippen LogP contribution in [0.4, 0.5) is 0 Å². The van der Waals surface area contributed by atoms with Gasteiger partial charge in [0.25, 0.3) is 0 Å². The Morgan fingerprint density at radius 2 is 1.92 bits per heavy atom. The molecule has 2 aliphatic heterocycles. The van der Waals surface area contributed by atoms with E-state index in [0.717, 1.165) is 24.8 Å². The summed E-state index contributed by atoms with van der Waals surface area (Å²) in [5.41, 5.74) is 0.0932. The zero-order valence-electron chi connectivity index (χ0n) is 23.2. The number of carbonyl (C=O) groups excluding carboxylic acids is 2. The molecule has 3 heterocycles. The van der Waals surface area contributed by atoms with Crippen molar-refractivity contribution < 1.29 is 29.6 Å². The van der Waals surface area contributed by atoms with Gasteiger partial charge in [-0.05, 0) is 44.3 Å². The number of epoxide rings is 1. The maximum Gasteiger partial charge on any atom is 0.223 e. The van der Waals surface area contributed by atoms with E-state index in [0.29, 0.717) is 10.7 Å². The fourth-order valence-electron chi connectivity index (χ4n) is 5.75. The third-order valence-corrected chi connectivity index (χ3v) is 9.37. The summed E-state index contributed by atoms with van der Waals surface area (Å²) in [6.45, 7) is 12.9. The minimum atomic E-state index is -1.20. The monoisotopic (exact) mass is 536 g/mol. The average molecular weight is 537 g/mol. The molecule has 1 aromatic rings. The fraction of sp³-hybridized carbons (Fsp3) is 0.750. The van der Waals surface area contributed by atoms with E-state index < -0.39 is 23.5 Å². The minimum Gasteiger partial charge on any atom is -0.392 e. The van der Waals surface area contributed by atoms with Crippen LogP contribution < -0.4 is 5.32 Å². The SMILES string of the molecule is C/C(=C\c1csc(CO)n1)[C@H]1NC(=O)C[C@H](O)C(C)(C)C(=O)[C@H](C)[C@@H](O)[C@@H](C)CCC[C@@]2(C)O[C@H]2[C@@H]1C. The normalized spacial score (nSPS) is 38.1. The van der Waals surface area contributed by atoms with Gasteiger partial charge >= 0.3 is 0 Å². The number of nitrogens with one attached hydrogen (secondary N) is 1. The number of ether oxygens (including phenoxy) is 1. The minimum absolute atomic E-state index is 0.0520. The second kappa shape index (κ2) is 11.6. The number of Topliss-reactive ketones (excluding diaryl/α,β-unsaturated/α-hetero) is 1. The third-order valence-electron chi connectivity index (χ3n) is 8.52. The molecule has 3 rings (SSSR count). The number of hydrogen-bond donors (Lipinski definition) is 4. The first kappa shape index (κ1) is 29.9. The van der Waals surface area contributed by atoms with Gasteiger partial charge in [0, 0.05) is 17.2 Å². The van der Waals surface area contributed by atoms with Crippen LogP contribution in [0.5, 0.6) is 0 Å². The summed E-state index contributed by atoms with van der Waals surface area (Å²) < 4.78 is 6.19. The number of carbonyl (C=O) groups is 2. The summed E-state index contributed by atoms with van der Waals surface area (Å²) in [5.74, 6) is -1.40. The molecule has 0 spiro atoms. The van der Waals surface area contributed by atoms with Crippen molar-refractivity contribution in [2.24, 2.45) is 23.2 Å². The Bertz CT molecular complexity index is 1010. The number of ketones is 1. The van der Waals surface area contributed by atoms with Gasteiger partial charge in [-0.1, -0.05) is 41.0 Å². The predicted molar refractivity (Wildman–Crippen MR) is 144 cm³/mol. The van der Waals surface area contributed by atoms with Crippen molar-refractivity contribution in [3.8, 4) is 0 Å². The van der Waals surface area contributed by atoms with Gasteiger partial charge in [-0.15, -0.1) is 11.3 Å².